The van der Waals surface area contributed by atoms with Crippen LogP contribution in [0.3, 0.4) is 0 Å². The van der Waals surface area contributed by atoms with E-state index in [1.54, 1.807) is 6.20 Å². The molecular formula is C13H15NO3. The Morgan fingerprint density at radius 3 is 3.00 bits per heavy atom. The van der Waals surface area contributed by atoms with E-state index in [1.807, 2.05) is 25.1 Å². The Labute approximate surface area is 99.2 Å². The third kappa shape index (κ3) is 2.41. The predicted octanol–water partition coefficient (Wildman–Crippen LogP) is 2.58. The highest BCUT2D eigenvalue weighted by molar-refractivity contribution is 5.91. The fourth-order valence-electron chi connectivity index (χ4n) is 1.85. The Balaban J connectivity index is 2.43. The van der Waals surface area contributed by atoms with Crippen LogP contribution in [0, 0.1) is 0 Å². The van der Waals surface area contributed by atoms with Gasteiger partial charge in [-0.2, -0.15) is 0 Å². The summed E-state index contributed by atoms with van der Waals surface area (Å²) in [6, 6.07) is 5.69. The number of carboxylic acids is 1. The summed E-state index contributed by atoms with van der Waals surface area (Å²) in [5.74, 6) is -0.0851. The SMILES string of the molecule is CCCOc1cccc2[nH]cc(CC(=O)O)c12. The van der Waals surface area contributed by atoms with Crippen LogP contribution in [0.2, 0.25) is 0 Å². The minimum atomic E-state index is -0.837. The van der Waals surface area contributed by atoms with Crippen molar-refractivity contribution in [1.29, 1.82) is 0 Å². The number of fused-ring (bicyclic) bond motifs is 1. The molecule has 0 radical (unpaired) electrons. The fraction of sp³-hybridized carbons (Fsp3) is 0.308. The van der Waals surface area contributed by atoms with Gasteiger partial charge in [0, 0.05) is 17.1 Å². The zero-order chi connectivity index (χ0) is 12.3. The lowest BCUT2D eigenvalue weighted by atomic mass is 10.1. The van der Waals surface area contributed by atoms with Gasteiger partial charge in [0.15, 0.2) is 0 Å². The van der Waals surface area contributed by atoms with E-state index >= 15 is 0 Å². The van der Waals surface area contributed by atoms with Gasteiger partial charge >= 0.3 is 5.97 Å². The second-order valence-electron chi connectivity index (χ2n) is 3.91. The van der Waals surface area contributed by atoms with Crippen LogP contribution in [0.5, 0.6) is 5.75 Å². The Bertz CT molecular complexity index is 530. The van der Waals surface area contributed by atoms with E-state index in [0.29, 0.717) is 6.61 Å². The number of nitrogens with one attached hydrogen (secondary N) is 1. The molecule has 0 aliphatic carbocycles. The van der Waals surface area contributed by atoms with Gasteiger partial charge in [-0.05, 0) is 24.1 Å². The summed E-state index contributed by atoms with van der Waals surface area (Å²) in [6.07, 6.45) is 2.67. The molecule has 4 nitrogen and oxygen atoms in total. The Hall–Kier alpha value is -1.97. The molecule has 0 aliphatic rings. The second kappa shape index (κ2) is 4.91. The molecule has 4 heteroatoms. The highest BCUT2D eigenvalue weighted by atomic mass is 16.5. The number of carbonyl (C=O) groups is 1. The summed E-state index contributed by atoms with van der Waals surface area (Å²) in [4.78, 5) is 13.8. The molecule has 17 heavy (non-hydrogen) atoms. The third-order valence-electron chi connectivity index (χ3n) is 2.55. The van der Waals surface area contributed by atoms with Crippen molar-refractivity contribution in [1.82, 2.24) is 4.98 Å². The summed E-state index contributed by atoms with van der Waals surface area (Å²) in [6.45, 7) is 2.67. The molecule has 0 bridgehead atoms. The number of hydrogen-bond acceptors (Lipinski definition) is 2. The largest absolute Gasteiger partial charge is 0.493 e. The highest BCUT2D eigenvalue weighted by Gasteiger charge is 2.11. The van der Waals surface area contributed by atoms with Crippen molar-refractivity contribution in [3.63, 3.8) is 0 Å². The van der Waals surface area contributed by atoms with Gasteiger partial charge in [-0.25, -0.2) is 0 Å². The van der Waals surface area contributed by atoms with Gasteiger partial charge < -0.3 is 14.8 Å². The van der Waals surface area contributed by atoms with Crippen molar-refractivity contribution in [3.05, 3.63) is 30.0 Å². The predicted molar refractivity (Wildman–Crippen MR) is 65.4 cm³/mol. The molecule has 1 aromatic heterocycles. The van der Waals surface area contributed by atoms with Gasteiger partial charge in [-0.3, -0.25) is 4.79 Å². The molecule has 2 rings (SSSR count). The molecule has 2 aromatic rings. The smallest absolute Gasteiger partial charge is 0.307 e. The Kier molecular flexibility index (Phi) is 3.32. The summed E-state index contributed by atoms with van der Waals surface area (Å²) < 4.78 is 5.64. The van der Waals surface area contributed by atoms with E-state index < -0.39 is 5.97 Å². The quantitative estimate of drug-likeness (QED) is 0.834. The molecule has 1 aromatic carbocycles. The molecule has 0 fully saturated rings. The number of hydrogen-bond donors (Lipinski definition) is 2. The summed E-state index contributed by atoms with van der Waals surface area (Å²) >= 11 is 0. The number of aromatic amines is 1. The van der Waals surface area contributed by atoms with Gasteiger partial charge in [0.05, 0.1) is 13.0 Å². The van der Waals surface area contributed by atoms with E-state index in [-0.39, 0.29) is 6.42 Å². The molecule has 0 aliphatic heterocycles. The summed E-state index contributed by atoms with van der Waals surface area (Å²) in [7, 11) is 0. The first-order chi connectivity index (χ1) is 8.22. The van der Waals surface area contributed by atoms with E-state index in [1.165, 1.54) is 0 Å². The number of carboxylic acid groups (broad SMARTS) is 1. The first-order valence-corrected chi connectivity index (χ1v) is 5.66. The lowest BCUT2D eigenvalue weighted by Crippen LogP contribution is -2.00. The van der Waals surface area contributed by atoms with E-state index in [2.05, 4.69) is 4.98 Å². The maximum Gasteiger partial charge on any atom is 0.307 e. The van der Waals surface area contributed by atoms with Crippen LogP contribution in [0.1, 0.15) is 18.9 Å². The summed E-state index contributed by atoms with van der Waals surface area (Å²) in [5.41, 5.74) is 1.68. The average Bonchev–Trinajstić information content (AvgIpc) is 2.70. The van der Waals surface area contributed by atoms with E-state index in [4.69, 9.17) is 9.84 Å². The minimum Gasteiger partial charge on any atom is -0.493 e. The molecule has 1 heterocycles. The fourth-order valence-corrected chi connectivity index (χ4v) is 1.85. The van der Waals surface area contributed by atoms with Gasteiger partial charge in [0.2, 0.25) is 0 Å². The van der Waals surface area contributed by atoms with Crippen LogP contribution in [-0.4, -0.2) is 22.7 Å². The highest BCUT2D eigenvalue weighted by Crippen LogP contribution is 2.29. The van der Waals surface area contributed by atoms with Crippen LogP contribution >= 0.6 is 0 Å². The minimum absolute atomic E-state index is 0.00645. The maximum absolute atomic E-state index is 10.8. The van der Waals surface area contributed by atoms with E-state index in [0.717, 1.165) is 28.6 Å². The molecule has 0 unspecified atom stereocenters. The molecule has 0 saturated carbocycles. The number of benzene rings is 1. The van der Waals surface area contributed by atoms with Gasteiger partial charge in [0.1, 0.15) is 5.75 Å². The van der Waals surface area contributed by atoms with Gasteiger partial charge in [-0.1, -0.05) is 13.0 Å². The maximum atomic E-state index is 10.8. The van der Waals surface area contributed by atoms with Crippen LogP contribution < -0.4 is 4.74 Å². The van der Waals surface area contributed by atoms with Crippen molar-refractivity contribution in [3.8, 4) is 5.75 Å². The van der Waals surface area contributed by atoms with Gasteiger partial charge in [-0.15, -0.1) is 0 Å². The number of rotatable bonds is 5. The third-order valence-corrected chi connectivity index (χ3v) is 2.55. The average molecular weight is 233 g/mol. The van der Waals surface area contributed by atoms with Crippen molar-refractivity contribution in [2.75, 3.05) is 6.61 Å². The first-order valence-electron chi connectivity index (χ1n) is 5.66. The second-order valence-corrected chi connectivity index (χ2v) is 3.91. The molecule has 0 amide bonds. The molecule has 2 N–H and O–H groups in total. The van der Waals surface area contributed by atoms with Crippen molar-refractivity contribution in [2.24, 2.45) is 0 Å². The Morgan fingerprint density at radius 1 is 1.47 bits per heavy atom. The number of H-pyrrole nitrogens is 1. The van der Waals surface area contributed by atoms with Crippen molar-refractivity contribution < 1.29 is 14.6 Å². The molecule has 0 saturated heterocycles. The molecule has 90 valence electrons. The van der Waals surface area contributed by atoms with Gasteiger partial charge in [0.25, 0.3) is 0 Å². The molecule has 0 atom stereocenters. The van der Waals surface area contributed by atoms with Crippen LogP contribution in [-0.2, 0) is 11.2 Å². The van der Waals surface area contributed by atoms with Crippen LogP contribution in [0.4, 0.5) is 0 Å². The normalized spacial score (nSPS) is 10.6. The van der Waals surface area contributed by atoms with Crippen LogP contribution in [0.25, 0.3) is 10.9 Å². The van der Waals surface area contributed by atoms with E-state index in [9.17, 15) is 4.79 Å². The number of ether oxygens (including phenoxy) is 1. The summed E-state index contributed by atoms with van der Waals surface area (Å²) in [5, 5.41) is 9.74. The zero-order valence-electron chi connectivity index (χ0n) is 9.69. The molecule has 0 spiro atoms. The number of aliphatic carboxylic acids is 1. The number of aromatic nitrogens is 1. The topological polar surface area (TPSA) is 62.3 Å². The Morgan fingerprint density at radius 2 is 2.29 bits per heavy atom. The monoisotopic (exact) mass is 233 g/mol. The van der Waals surface area contributed by atoms with Crippen molar-refractivity contribution >= 4 is 16.9 Å². The lowest BCUT2D eigenvalue weighted by molar-refractivity contribution is -0.136. The van der Waals surface area contributed by atoms with Crippen molar-refractivity contribution in [2.45, 2.75) is 19.8 Å². The lowest BCUT2D eigenvalue weighted by Gasteiger charge is -2.07. The zero-order valence-corrected chi connectivity index (χ0v) is 9.69. The standard InChI is InChI=1S/C13H15NO3/c1-2-6-17-11-5-3-4-10-13(11)9(8-14-10)7-12(15)16/h3-5,8,14H,2,6-7H2,1H3,(H,15,16). The first kappa shape index (κ1) is 11.5. The molecular weight excluding hydrogens is 218 g/mol. The van der Waals surface area contributed by atoms with Crippen LogP contribution in [0.15, 0.2) is 24.4 Å².